The number of nitrogens with zero attached hydrogens (tertiary/aromatic N) is 1. The molecule has 80 valence electrons. The molecule has 1 saturated heterocycles. The van der Waals surface area contributed by atoms with Gasteiger partial charge in [0.05, 0.1) is 0 Å². The summed E-state index contributed by atoms with van der Waals surface area (Å²) >= 11 is 1.88. The second kappa shape index (κ2) is 3.44. The van der Waals surface area contributed by atoms with Gasteiger partial charge in [-0.25, -0.2) is 0 Å². The summed E-state index contributed by atoms with van der Waals surface area (Å²) in [5.74, 6) is 1.17. The predicted molar refractivity (Wildman–Crippen MR) is 63.9 cm³/mol. The zero-order valence-corrected chi connectivity index (χ0v) is 10.2. The summed E-state index contributed by atoms with van der Waals surface area (Å²) < 4.78 is 0. The minimum absolute atomic E-state index is 0.286. The molecule has 14 heavy (non-hydrogen) atoms. The Morgan fingerprint density at radius 2 is 2.14 bits per heavy atom. The zero-order chi connectivity index (χ0) is 10.2. The van der Waals surface area contributed by atoms with E-state index in [2.05, 4.69) is 31.1 Å². The lowest BCUT2D eigenvalue weighted by Gasteiger charge is -2.20. The van der Waals surface area contributed by atoms with E-state index in [-0.39, 0.29) is 5.54 Å². The van der Waals surface area contributed by atoms with E-state index in [9.17, 15) is 0 Å². The molecule has 2 aliphatic rings. The Morgan fingerprint density at radius 3 is 2.64 bits per heavy atom. The number of aliphatic imine (C=N–C) groups is 1. The highest BCUT2D eigenvalue weighted by atomic mass is 32.2. The van der Waals surface area contributed by atoms with E-state index < -0.39 is 0 Å². The molecule has 0 aromatic carbocycles. The Bertz CT molecular complexity index is 258. The molecule has 1 saturated carbocycles. The maximum atomic E-state index is 4.67. The summed E-state index contributed by atoms with van der Waals surface area (Å²) in [6.45, 7) is 7.86. The van der Waals surface area contributed by atoms with Crippen molar-refractivity contribution in [2.45, 2.75) is 45.6 Å². The number of rotatable bonds is 3. The first kappa shape index (κ1) is 10.3. The van der Waals surface area contributed by atoms with Crippen molar-refractivity contribution in [3.63, 3.8) is 0 Å². The van der Waals surface area contributed by atoms with Gasteiger partial charge in [-0.1, -0.05) is 25.6 Å². The minimum atomic E-state index is 0.286. The fraction of sp³-hybridized carbons (Fsp3) is 0.909. The number of hydrogen-bond donors (Lipinski definition) is 1. The van der Waals surface area contributed by atoms with Crippen LogP contribution < -0.4 is 5.32 Å². The first-order valence-electron chi connectivity index (χ1n) is 5.51. The molecule has 1 heterocycles. The summed E-state index contributed by atoms with van der Waals surface area (Å²) in [7, 11) is 0. The van der Waals surface area contributed by atoms with Crippen LogP contribution in [0.5, 0.6) is 0 Å². The Labute approximate surface area is 90.9 Å². The Balaban J connectivity index is 1.88. The van der Waals surface area contributed by atoms with Gasteiger partial charge in [-0.3, -0.25) is 4.99 Å². The third-order valence-electron chi connectivity index (χ3n) is 3.42. The lowest BCUT2D eigenvalue weighted by atomic mass is 10.0. The SMILES string of the molecule is CCC1(C)CSC(=NCC2(C)CC2)N1. The number of thioether (sulfide) groups is 1. The molecule has 3 heteroatoms. The average molecular weight is 212 g/mol. The molecule has 1 atom stereocenters. The predicted octanol–water partition coefficient (Wildman–Crippen LogP) is 2.65. The third kappa shape index (κ3) is 2.25. The Morgan fingerprint density at radius 1 is 1.43 bits per heavy atom. The highest BCUT2D eigenvalue weighted by Crippen LogP contribution is 2.45. The molecule has 0 bridgehead atoms. The number of amidine groups is 1. The van der Waals surface area contributed by atoms with Crippen LogP contribution in [0.1, 0.15) is 40.0 Å². The van der Waals surface area contributed by atoms with Crippen molar-refractivity contribution in [2.24, 2.45) is 10.4 Å². The monoisotopic (exact) mass is 212 g/mol. The largest absolute Gasteiger partial charge is 0.359 e. The van der Waals surface area contributed by atoms with Crippen LogP contribution in [0.25, 0.3) is 0 Å². The van der Waals surface area contributed by atoms with Gasteiger partial charge in [0.1, 0.15) is 0 Å². The standard InChI is InChI=1S/C11H20N2S/c1-4-11(3)8-14-9(13-11)12-7-10(2)5-6-10/h4-8H2,1-3H3,(H,12,13). The van der Waals surface area contributed by atoms with Gasteiger partial charge in [0.25, 0.3) is 0 Å². The molecule has 2 fully saturated rings. The van der Waals surface area contributed by atoms with Crippen molar-refractivity contribution in [3.05, 3.63) is 0 Å². The Hall–Kier alpha value is -0.180. The van der Waals surface area contributed by atoms with Gasteiger partial charge in [0.15, 0.2) is 5.17 Å². The van der Waals surface area contributed by atoms with Gasteiger partial charge in [-0.15, -0.1) is 0 Å². The molecule has 0 amide bonds. The average Bonchev–Trinajstić information content (AvgIpc) is 2.77. The van der Waals surface area contributed by atoms with Crippen LogP contribution in [-0.2, 0) is 0 Å². The summed E-state index contributed by atoms with van der Waals surface area (Å²) in [5, 5.41) is 4.70. The summed E-state index contributed by atoms with van der Waals surface area (Å²) in [6, 6.07) is 0. The third-order valence-corrected chi connectivity index (χ3v) is 4.71. The number of hydrogen-bond acceptors (Lipinski definition) is 2. The molecule has 1 N–H and O–H groups in total. The van der Waals surface area contributed by atoms with E-state index in [0.29, 0.717) is 5.41 Å². The second-order valence-electron chi connectivity index (χ2n) is 5.26. The van der Waals surface area contributed by atoms with Gasteiger partial charge >= 0.3 is 0 Å². The van der Waals surface area contributed by atoms with Crippen molar-refractivity contribution < 1.29 is 0 Å². The van der Waals surface area contributed by atoms with Crippen LogP contribution in [0.3, 0.4) is 0 Å². The molecule has 1 aliphatic carbocycles. The van der Waals surface area contributed by atoms with Gasteiger partial charge in [0, 0.05) is 17.8 Å². The smallest absolute Gasteiger partial charge is 0.157 e. The second-order valence-corrected chi connectivity index (χ2v) is 6.22. The summed E-state index contributed by atoms with van der Waals surface area (Å²) in [4.78, 5) is 4.67. The zero-order valence-electron chi connectivity index (χ0n) is 9.39. The summed E-state index contributed by atoms with van der Waals surface area (Å²) in [6.07, 6.45) is 3.90. The first-order valence-corrected chi connectivity index (χ1v) is 6.49. The van der Waals surface area contributed by atoms with Crippen molar-refractivity contribution in [3.8, 4) is 0 Å². The van der Waals surface area contributed by atoms with E-state index in [1.807, 2.05) is 11.8 Å². The molecule has 0 aromatic heterocycles. The molecule has 0 spiro atoms. The molecule has 2 nitrogen and oxygen atoms in total. The fourth-order valence-corrected chi connectivity index (χ4v) is 2.67. The molecule has 1 aliphatic heterocycles. The molecule has 0 aromatic rings. The van der Waals surface area contributed by atoms with E-state index in [0.717, 1.165) is 6.54 Å². The normalized spacial score (nSPS) is 37.2. The van der Waals surface area contributed by atoms with E-state index in [1.54, 1.807) is 0 Å². The Kier molecular flexibility index (Phi) is 2.54. The van der Waals surface area contributed by atoms with Crippen molar-refractivity contribution >= 4 is 16.9 Å². The van der Waals surface area contributed by atoms with Gasteiger partial charge in [0.2, 0.25) is 0 Å². The van der Waals surface area contributed by atoms with Gasteiger partial charge in [-0.05, 0) is 31.6 Å². The molecule has 0 radical (unpaired) electrons. The highest BCUT2D eigenvalue weighted by molar-refractivity contribution is 8.14. The van der Waals surface area contributed by atoms with Gasteiger partial charge < -0.3 is 5.32 Å². The van der Waals surface area contributed by atoms with Gasteiger partial charge in [-0.2, -0.15) is 0 Å². The molecule has 2 rings (SSSR count). The fourth-order valence-electron chi connectivity index (χ4n) is 1.47. The van der Waals surface area contributed by atoms with E-state index >= 15 is 0 Å². The number of nitrogens with one attached hydrogen (secondary N) is 1. The molecular formula is C11H20N2S. The van der Waals surface area contributed by atoms with E-state index in [4.69, 9.17) is 0 Å². The molecular weight excluding hydrogens is 192 g/mol. The van der Waals surface area contributed by atoms with Crippen molar-refractivity contribution in [1.82, 2.24) is 5.32 Å². The van der Waals surface area contributed by atoms with Crippen molar-refractivity contribution in [2.75, 3.05) is 12.3 Å². The van der Waals surface area contributed by atoms with Crippen LogP contribution in [0.15, 0.2) is 4.99 Å². The first-order chi connectivity index (χ1) is 6.55. The van der Waals surface area contributed by atoms with Crippen molar-refractivity contribution in [1.29, 1.82) is 0 Å². The quantitative estimate of drug-likeness (QED) is 0.778. The maximum Gasteiger partial charge on any atom is 0.157 e. The molecule has 1 unspecified atom stereocenters. The van der Waals surface area contributed by atoms with E-state index in [1.165, 1.54) is 30.2 Å². The topological polar surface area (TPSA) is 24.4 Å². The maximum absolute atomic E-state index is 4.67. The van der Waals surface area contributed by atoms with Crippen LogP contribution in [0.2, 0.25) is 0 Å². The van der Waals surface area contributed by atoms with Crippen LogP contribution >= 0.6 is 11.8 Å². The minimum Gasteiger partial charge on any atom is -0.359 e. The lowest BCUT2D eigenvalue weighted by molar-refractivity contribution is 0.465. The van der Waals surface area contributed by atoms with Crippen LogP contribution in [-0.4, -0.2) is 23.0 Å². The lowest BCUT2D eigenvalue weighted by Crippen LogP contribution is -2.39. The highest BCUT2D eigenvalue weighted by Gasteiger charge is 2.37. The van der Waals surface area contributed by atoms with Crippen LogP contribution in [0.4, 0.5) is 0 Å². The van der Waals surface area contributed by atoms with Crippen LogP contribution in [0, 0.1) is 5.41 Å². The summed E-state index contributed by atoms with van der Waals surface area (Å²) in [5.41, 5.74) is 0.828.